The first kappa shape index (κ1) is 10.8. The van der Waals surface area contributed by atoms with Crippen molar-refractivity contribution in [3.05, 3.63) is 47.8 Å². The molecule has 3 heteroatoms. The molecule has 0 saturated carbocycles. The first-order valence-electron chi connectivity index (χ1n) is 5.37. The Morgan fingerprint density at radius 2 is 1.69 bits per heavy atom. The van der Waals surface area contributed by atoms with Gasteiger partial charge in [-0.15, -0.1) is 0 Å². The van der Waals surface area contributed by atoms with Gasteiger partial charge in [0, 0.05) is 18.0 Å². The van der Waals surface area contributed by atoms with Crippen LogP contribution in [0.4, 0.5) is 0 Å². The molecule has 0 unspecified atom stereocenters. The molecule has 0 radical (unpaired) electrons. The average molecular weight is 213 g/mol. The second-order valence-corrected chi connectivity index (χ2v) is 3.82. The summed E-state index contributed by atoms with van der Waals surface area (Å²) in [6.45, 7) is 2.70. The summed E-state index contributed by atoms with van der Waals surface area (Å²) in [7, 11) is 0. The largest absolute Gasteiger partial charge is 0.330 e. The van der Waals surface area contributed by atoms with E-state index in [1.54, 1.807) is 0 Å². The van der Waals surface area contributed by atoms with Crippen molar-refractivity contribution < 1.29 is 0 Å². The smallest absolute Gasteiger partial charge is 0.159 e. The molecule has 0 aliphatic carbocycles. The van der Waals surface area contributed by atoms with Gasteiger partial charge >= 0.3 is 0 Å². The van der Waals surface area contributed by atoms with Crippen LogP contribution in [0.25, 0.3) is 11.4 Å². The number of rotatable bonds is 3. The van der Waals surface area contributed by atoms with Crippen LogP contribution < -0.4 is 5.73 Å². The molecule has 1 aromatic heterocycles. The predicted molar refractivity (Wildman–Crippen MR) is 65.0 cm³/mol. The van der Waals surface area contributed by atoms with E-state index < -0.39 is 0 Å². The zero-order valence-corrected chi connectivity index (χ0v) is 9.35. The first-order chi connectivity index (χ1) is 7.79. The minimum Gasteiger partial charge on any atom is -0.330 e. The molecule has 2 aromatic rings. The Bertz CT molecular complexity index is 446. The fourth-order valence-corrected chi connectivity index (χ4v) is 1.50. The van der Waals surface area contributed by atoms with Crippen molar-refractivity contribution in [1.82, 2.24) is 9.97 Å². The molecule has 1 aromatic carbocycles. The highest BCUT2D eigenvalue weighted by Gasteiger charge is 2.00. The van der Waals surface area contributed by atoms with E-state index in [9.17, 15) is 0 Å². The van der Waals surface area contributed by atoms with Crippen molar-refractivity contribution >= 4 is 0 Å². The molecule has 0 amide bonds. The first-order valence-corrected chi connectivity index (χ1v) is 5.37. The lowest BCUT2D eigenvalue weighted by Crippen LogP contribution is -2.03. The summed E-state index contributed by atoms with van der Waals surface area (Å²) < 4.78 is 0. The van der Waals surface area contributed by atoms with Gasteiger partial charge in [0.15, 0.2) is 5.82 Å². The van der Waals surface area contributed by atoms with Crippen LogP contribution in [0.3, 0.4) is 0 Å². The molecule has 0 aliphatic heterocycles. The Morgan fingerprint density at radius 1 is 1.06 bits per heavy atom. The third kappa shape index (κ3) is 2.44. The second-order valence-electron chi connectivity index (χ2n) is 3.82. The number of nitrogens with zero attached hydrogens (tertiary/aromatic N) is 2. The highest BCUT2D eigenvalue weighted by atomic mass is 14.9. The Balaban J connectivity index is 2.24. The van der Waals surface area contributed by atoms with E-state index in [4.69, 9.17) is 5.73 Å². The van der Waals surface area contributed by atoms with Gasteiger partial charge < -0.3 is 5.73 Å². The standard InChI is InChI=1S/C13H15N3/c1-10-2-4-12(5-3-10)13-15-8-11(6-7-14)9-16-13/h2-5,8-9H,6-7,14H2,1H3. The minimum atomic E-state index is 0.632. The number of aryl methyl sites for hydroxylation is 1. The fourth-order valence-electron chi connectivity index (χ4n) is 1.50. The van der Waals surface area contributed by atoms with Crippen LogP contribution in [0.1, 0.15) is 11.1 Å². The number of hydrogen-bond acceptors (Lipinski definition) is 3. The maximum atomic E-state index is 5.47. The summed E-state index contributed by atoms with van der Waals surface area (Å²) in [6.07, 6.45) is 4.51. The van der Waals surface area contributed by atoms with Gasteiger partial charge in [0.2, 0.25) is 0 Å². The lowest BCUT2D eigenvalue weighted by Gasteiger charge is -2.02. The minimum absolute atomic E-state index is 0.632. The van der Waals surface area contributed by atoms with Gasteiger partial charge in [-0.1, -0.05) is 29.8 Å². The van der Waals surface area contributed by atoms with Crippen molar-refractivity contribution in [2.24, 2.45) is 5.73 Å². The van der Waals surface area contributed by atoms with Gasteiger partial charge in [-0.05, 0) is 25.5 Å². The summed E-state index contributed by atoms with van der Waals surface area (Å²) in [6, 6.07) is 8.19. The molecule has 2 rings (SSSR count). The molecule has 0 bridgehead atoms. The molecule has 0 atom stereocenters. The highest BCUT2D eigenvalue weighted by molar-refractivity contribution is 5.54. The molecule has 1 heterocycles. The van der Waals surface area contributed by atoms with Gasteiger partial charge in [0.05, 0.1) is 0 Å². The molecular formula is C13H15N3. The Kier molecular flexibility index (Phi) is 3.27. The zero-order valence-electron chi connectivity index (χ0n) is 9.35. The van der Waals surface area contributed by atoms with E-state index in [0.29, 0.717) is 6.54 Å². The quantitative estimate of drug-likeness (QED) is 0.847. The number of aromatic nitrogens is 2. The summed E-state index contributed by atoms with van der Waals surface area (Å²) in [5.74, 6) is 0.765. The van der Waals surface area contributed by atoms with Crippen LogP contribution in [0.2, 0.25) is 0 Å². The van der Waals surface area contributed by atoms with Gasteiger partial charge in [0.25, 0.3) is 0 Å². The van der Waals surface area contributed by atoms with Crippen LogP contribution in [0, 0.1) is 6.92 Å². The van der Waals surface area contributed by atoms with Crippen LogP contribution in [0.5, 0.6) is 0 Å². The van der Waals surface area contributed by atoms with E-state index in [2.05, 4.69) is 29.0 Å². The maximum absolute atomic E-state index is 5.47. The Labute approximate surface area is 95.4 Å². The molecule has 0 aliphatic rings. The third-order valence-corrected chi connectivity index (χ3v) is 2.45. The van der Waals surface area contributed by atoms with E-state index >= 15 is 0 Å². The Hall–Kier alpha value is -1.74. The molecule has 2 N–H and O–H groups in total. The van der Waals surface area contributed by atoms with Crippen LogP contribution in [0.15, 0.2) is 36.7 Å². The number of hydrogen-bond donors (Lipinski definition) is 1. The van der Waals surface area contributed by atoms with Crippen molar-refractivity contribution in [3.8, 4) is 11.4 Å². The molecule has 0 fully saturated rings. The third-order valence-electron chi connectivity index (χ3n) is 2.45. The molecule has 82 valence electrons. The van der Waals surface area contributed by atoms with E-state index in [1.165, 1.54) is 5.56 Å². The van der Waals surface area contributed by atoms with Crippen LogP contribution in [-0.2, 0) is 6.42 Å². The number of nitrogens with two attached hydrogens (primary N) is 1. The summed E-state index contributed by atoms with van der Waals surface area (Å²) in [5.41, 5.74) is 8.84. The fraction of sp³-hybridized carbons (Fsp3) is 0.231. The second kappa shape index (κ2) is 4.86. The summed E-state index contributed by atoms with van der Waals surface area (Å²) >= 11 is 0. The molecule has 3 nitrogen and oxygen atoms in total. The lowest BCUT2D eigenvalue weighted by molar-refractivity contribution is 0.943. The predicted octanol–water partition coefficient (Wildman–Crippen LogP) is 1.95. The monoisotopic (exact) mass is 213 g/mol. The maximum Gasteiger partial charge on any atom is 0.159 e. The molecule has 0 spiro atoms. The lowest BCUT2D eigenvalue weighted by atomic mass is 10.1. The average Bonchev–Trinajstić information content (AvgIpc) is 2.32. The zero-order chi connectivity index (χ0) is 11.4. The van der Waals surface area contributed by atoms with Gasteiger partial charge in [-0.3, -0.25) is 0 Å². The topological polar surface area (TPSA) is 51.8 Å². The summed E-state index contributed by atoms with van der Waals surface area (Å²) in [4.78, 5) is 8.66. The molecule has 0 saturated heterocycles. The molecule has 16 heavy (non-hydrogen) atoms. The highest BCUT2D eigenvalue weighted by Crippen LogP contribution is 2.14. The summed E-state index contributed by atoms with van der Waals surface area (Å²) in [5, 5.41) is 0. The van der Waals surface area contributed by atoms with Gasteiger partial charge in [0.1, 0.15) is 0 Å². The van der Waals surface area contributed by atoms with E-state index in [0.717, 1.165) is 23.4 Å². The van der Waals surface area contributed by atoms with Crippen molar-refractivity contribution in [2.75, 3.05) is 6.54 Å². The van der Waals surface area contributed by atoms with E-state index in [-0.39, 0.29) is 0 Å². The van der Waals surface area contributed by atoms with Crippen LogP contribution >= 0.6 is 0 Å². The van der Waals surface area contributed by atoms with Crippen LogP contribution in [-0.4, -0.2) is 16.5 Å². The van der Waals surface area contributed by atoms with Crippen molar-refractivity contribution in [1.29, 1.82) is 0 Å². The number of benzene rings is 1. The SMILES string of the molecule is Cc1ccc(-c2ncc(CCN)cn2)cc1. The van der Waals surface area contributed by atoms with Crippen molar-refractivity contribution in [2.45, 2.75) is 13.3 Å². The van der Waals surface area contributed by atoms with E-state index in [1.807, 2.05) is 24.5 Å². The molecular weight excluding hydrogens is 198 g/mol. The normalized spacial score (nSPS) is 10.4. The Morgan fingerprint density at radius 3 is 2.25 bits per heavy atom. The van der Waals surface area contributed by atoms with Gasteiger partial charge in [-0.2, -0.15) is 0 Å². The van der Waals surface area contributed by atoms with Gasteiger partial charge in [-0.25, -0.2) is 9.97 Å². The van der Waals surface area contributed by atoms with Crippen molar-refractivity contribution in [3.63, 3.8) is 0 Å².